The van der Waals surface area contributed by atoms with E-state index in [1.54, 1.807) is 6.92 Å². The molecule has 7 nitrogen and oxygen atoms in total. The van der Waals surface area contributed by atoms with Crippen LogP contribution in [-0.4, -0.2) is 42.6 Å². The average Bonchev–Trinajstić information content (AvgIpc) is 2.41. The van der Waals surface area contributed by atoms with Gasteiger partial charge in [0.1, 0.15) is 5.75 Å². The molecule has 21 heavy (non-hydrogen) atoms. The first kappa shape index (κ1) is 19.3. The van der Waals surface area contributed by atoms with Gasteiger partial charge in [0.2, 0.25) is 0 Å². The van der Waals surface area contributed by atoms with Gasteiger partial charge in [-0.2, -0.15) is 0 Å². The maximum absolute atomic E-state index is 9.98. The number of hydrogen-bond acceptors (Lipinski definition) is 6. The Bertz CT molecular complexity index is 461. The van der Waals surface area contributed by atoms with Crippen LogP contribution in [0, 0.1) is 12.8 Å². The van der Waals surface area contributed by atoms with Crippen LogP contribution in [0.3, 0.4) is 0 Å². The average molecular weight is 301 g/mol. The summed E-state index contributed by atoms with van der Waals surface area (Å²) in [6.45, 7) is 4.86. The van der Waals surface area contributed by atoms with E-state index in [9.17, 15) is 9.90 Å². The SMILES string of the molecule is CC(C)CC(O)C(=O)O.Cc1ncc(CO)c(CO)c1O. The molecule has 1 heterocycles. The van der Waals surface area contributed by atoms with E-state index < -0.39 is 12.1 Å². The fourth-order valence-corrected chi connectivity index (χ4v) is 1.54. The van der Waals surface area contributed by atoms with Gasteiger partial charge in [0.05, 0.1) is 18.9 Å². The molecule has 1 rings (SSSR count). The van der Waals surface area contributed by atoms with Crippen molar-refractivity contribution in [2.24, 2.45) is 5.92 Å². The first-order chi connectivity index (χ1) is 9.74. The fraction of sp³-hybridized carbons (Fsp3) is 0.571. The largest absolute Gasteiger partial charge is 0.506 e. The van der Waals surface area contributed by atoms with Crippen molar-refractivity contribution in [1.82, 2.24) is 4.98 Å². The highest BCUT2D eigenvalue weighted by Gasteiger charge is 2.13. The van der Waals surface area contributed by atoms with E-state index in [2.05, 4.69) is 4.98 Å². The molecule has 0 aliphatic carbocycles. The van der Waals surface area contributed by atoms with Gasteiger partial charge in [0, 0.05) is 17.3 Å². The van der Waals surface area contributed by atoms with E-state index >= 15 is 0 Å². The zero-order valence-electron chi connectivity index (χ0n) is 12.4. The van der Waals surface area contributed by atoms with Gasteiger partial charge in [0.15, 0.2) is 6.10 Å². The first-order valence-electron chi connectivity index (χ1n) is 6.53. The zero-order valence-corrected chi connectivity index (χ0v) is 12.4. The van der Waals surface area contributed by atoms with Crippen molar-refractivity contribution in [3.63, 3.8) is 0 Å². The Morgan fingerprint density at radius 2 is 1.86 bits per heavy atom. The topological polar surface area (TPSA) is 131 Å². The van der Waals surface area contributed by atoms with Crippen LogP contribution < -0.4 is 0 Å². The van der Waals surface area contributed by atoms with Crippen molar-refractivity contribution in [2.45, 2.75) is 46.5 Å². The number of aliphatic carboxylic acids is 1. The van der Waals surface area contributed by atoms with Gasteiger partial charge in [-0.1, -0.05) is 13.8 Å². The van der Waals surface area contributed by atoms with E-state index in [4.69, 9.17) is 20.4 Å². The summed E-state index contributed by atoms with van der Waals surface area (Å²) in [5, 5.41) is 43.9. The minimum atomic E-state index is -1.19. The summed E-state index contributed by atoms with van der Waals surface area (Å²) in [5.74, 6) is -0.941. The molecule has 1 aromatic rings. The molecule has 0 amide bonds. The summed E-state index contributed by atoms with van der Waals surface area (Å²) >= 11 is 0. The predicted molar refractivity (Wildman–Crippen MR) is 75.6 cm³/mol. The number of carbonyl (C=O) groups is 1. The standard InChI is InChI=1S/C8H11NO3.C6H12O3/c1-5-8(12)7(4-11)6(3-10)2-9-5;1-4(2)3-5(7)6(8)9/h2,10-12H,3-4H2,1H3;4-5,7H,3H2,1-2H3,(H,8,9). The summed E-state index contributed by atoms with van der Waals surface area (Å²) in [7, 11) is 0. The number of carboxylic acids is 1. The lowest BCUT2D eigenvalue weighted by molar-refractivity contribution is -0.147. The quantitative estimate of drug-likeness (QED) is 0.537. The van der Waals surface area contributed by atoms with Crippen molar-refractivity contribution in [1.29, 1.82) is 0 Å². The van der Waals surface area contributed by atoms with Gasteiger partial charge in [-0.05, 0) is 19.3 Å². The molecule has 1 aromatic heterocycles. The summed E-state index contributed by atoms with van der Waals surface area (Å²) in [5.41, 5.74) is 1.27. The van der Waals surface area contributed by atoms with E-state index in [1.807, 2.05) is 13.8 Å². The van der Waals surface area contributed by atoms with Crippen LogP contribution in [0.25, 0.3) is 0 Å². The number of hydrogen-bond donors (Lipinski definition) is 5. The molecule has 0 radical (unpaired) electrons. The van der Waals surface area contributed by atoms with Crippen molar-refractivity contribution < 1.29 is 30.3 Å². The molecule has 0 bridgehead atoms. The molecular formula is C14H23NO6. The maximum Gasteiger partial charge on any atom is 0.332 e. The maximum atomic E-state index is 9.98. The van der Waals surface area contributed by atoms with Crippen molar-refractivity contribution in [3.05, 3.63) is 23.0 Å². The van der Waals surface area contributed by atoms with Gasteiger partial charge in [-0.15, -0.1) is 0 Å². The van der Waals surface area contributed by atoms with Crippen LogP contribution in [-0.2, 0) is 18.0 Å². The van der Waals surface area contributed by atoms with Crippen molar-refractivity contribution in [3.8, 4) is 5.75 Å². The fourth-order valence-electron chi connectivity index (χ4n) is 1.54. The van der Waals surface area contributed by atoms with E-state index in [0.717, 1.165) is 0 Å². The second kappa shape index (κ2) is 9.28. The van der Waals surface area contributed by atoms with Crippen LogP contribution in [0.5, 0.6) is 5.75 Å². The monoisotopic (exact) mass is 301 g/mol. The number of aryl methyl sites for hydroxylation is 1. The number of aliphatic hydroxyl groups is 3. The van der Waals surface area contributed by atoms with Gasteiger partial charge in [0.25, 0.3) is 0 Å². The Balaban J connectivity index is 0.000000400. The van der Waals surface area contributed by atoms with Gasteiger partial charge in [-0.3, -0.25) is 4.98 Å². The molecule has 1 unspecified atom stereocenters. The number of nitrogens with zero attached hydrogens (tertiary/aromatic N) is 1. The molecular weight excluding hydrogens is 278 g/mol. The summed E-state index contributed by atoms with van der Waals surface area (Å²) in [4.78, 5) is 13.8. The smallest absolute Gasteiger partial charge is 0.332 e. The molecule has 0 aromatic carbocycles. The molecule has 0 spiro atoms. The third-order valence-corrected chi connectivity index (χ3v) is 2.74. The number of rotatable bonds is 5. The number of aromatic hydroxyl groups is 1. The highest BCUT2D eigenvalue weighted by atomic mass is 16.4. The van der Waals surface area contributed by atoms with E-state index in [-0.39, 0.29) is 24.9 Å². The Morgan fingerprint density at radius 1 is 1.29 bits per heavy atom. The van der Waals surface area contributed by atoms with E-state index in [0.29, 0.717) is 23.2 Å². The third kappa shape index (κ3) is 6.52. The van der Waals surface area contributed by atoms with Crippen LogP contribution >= 0.6 is 0 Å². The third-order valence-electron chi connectivity index (χ3n) is 2.74. The molecule has 120 valence electrons. The molecule has 7 heteroatoms. The Morgan fingerprint density at radius 3 is 2.19 bits per heavy atom. The highest BCUT2D eigenvalue weighted by Crippen LogP contribution is 2.23. The zero-order chi connectivity index (χ0) is 16.6. The lowest BCUT2D eigenvalue weighted by Gasteiger charge is -2.07. The molecule has 1 atom stereocenters. The Labute approximate surface area is 123 Å². The highest BCUT2D eigenvalue weighted by molar-refractivity contribution is 5.71. The lowest BCUT2D eigenvalue weighted by Crippen LogP contribution is -2.21. The van der Waals surface area contributed by atoms with Crippen molar-refractivity contribution >= 4 is 5.97 Å². The number of pyridine rings is 1. The first-order valence-corrected chi connectivity index (χ1v) is 6.53. The molecule has 0 aliphatic heterocycles. The number of aliphatic hydroxyl groups excluding tert-OH is 3. The van der Waals surface area contributed by atoms with Crippen LogP contribution in [0.1, 0.15) is 37.1 Å². The van der Waals surface area contributed by atoms with Gasteiger partial charge in [-0.25, -0.2) is 4.79 Å². The second-order valence-corrected chi connectivity index (χ2v) is 5.00. The minimum Gasteiger partial charge on any atom is -0.506 e. The Kier molecular flexibility index (Phi) is 8.52. The van der Waals surface area contributed by atoms with Crippen LogP contribution in [0.2, 0.25) is 0 Å². The van der Waals surface area contributed by atoms with E-state index in [1.165, 1.54) is 6.20 Å². The second-order valence-electron chi connectivity index (χ2n) is 5.00. The molecule has 5 N–H and O–H groups in total. The van der Waals surface area contributed by atoms with Crippen LogP contribution in [0.15, 0.2) is 6.20 Å². The van der Waals surface area contributed by atoms with Crippen LogP contribution in [0.4, 0.5) is 0 Å². The normalized spacial score (nSPS) is 11.8. The Hall–Kier alpha value is -1.70. The molecule has 0 fully saturated rings. The van der Waals surface area contributed by atoms with Crippen molar-refractivity contribution in [2.75, 3.05) is 0 Å². The molecule has 0 saturated heterocycles. The number of carboxylic acid groups (broad SMARTS) is 1. The van der Waals surface area contributed by atoms with Gasteiger partial charge >= 0.3 is 5.97 Å². The summed E-state index contributed by atoms with van der Waals surface area (Å²) in [6.07, 6.45) is 0.584. The number of aromatic nitrogens is 1. The lowest BCUT2D eigenvalue weighted by atomic mass is 10.1. The predicted octanol–water partition coefficient (Wildman–Crippen LogP) is 0.558. The molecule has 0 aliphatic rings. The summed E-state index contributed by atoms with van der Waals surface area (Å²) < 4.78 is 0. The molecule has 0 saturated carbocycles. The summed E-state index contributed by atoms with van der Waals surface area (Å²) in [6, 6.07) is 0. The minimum absolute atomic E-state index is 0.0379. The van der Waals surface area contributed by atoms with Gasteiger partial charge < -0.3 is 25.5 Å².